The first-order valence-electron chi connectivity index (χ1n) is 38.1. The molecule has 5 heterocycles. The number of aromatic amines is 1. The van der Waals surface area contributed by atoms with Crippen LogP contribution in [0, 0.1) is 0 Å². The maximum atomic E-state index is 11.1. The molecule has 0 unspecified atom stereocenters. The van der Waals surface area contributed by atoms with Crippen molar-refractivity contribution in [2.45, 2.75) is 35.6 Å². The summed E-state index contributed by atoms with van der Waals surface area (Å²) in [5.41, 5.74) is 23.7. The average Bonchev–Trinajstić information content (AvgIpc) is 1.73. The molecule has 0 saturated carbocycles. The van der Waals surface area contributed by atoms with Gasteiger partial charge in [0.1, 0.15) is 28.4 Å². The first-order valence-corrected chi connectivity index (χ1v) is 54.6. The minimum Gasteiger partial charge on any atom is -0.497 e. The van der Waals surface area contributed by atoms with E-state index in [2.05, 4.69) is 141 Å². The Morgan fingerprint density at radius 1 is 0.485 bits per heavy atom. The summed E-state index contributed by atoms with van der Waals surface area (Å²) < 4.78 is 56.5. The maximum Gasteiger partial charge on any atom is 0.339 e. The number of aromatic nitrogens is 5. The van der Waals surface area contributed by atoms with Crippen LogP contribution in [-0.2, 0) is 19.4 Å². The average molecular weight is 2280 g/mol. The number of fused-ring (bicyclic) bond motifs is 4. The van der Waals surface area contributed by atoms with Crippen molar-refractivity contribution in [1.29, 1.82) is 0 Å². The first-order chi connectivity index (χ1) is 63.7. The summed E-state index contributed by atoms with van der Waals surface area (Å²) in [6.07, 6.45) is 12.0. The number of hydrogen-bond donors (Lipinski definition) is 10. The van der Waals surface area contributed by atoms with Gasteiger partial charge in [0, 0.05) is 73.7 Å². The third kappa shape index (κ3) is 44.7. The largest absolute Gasteiger partial charge is 0.497 e. The second-order valence-corrected chi connectivity index (χ2v) is 44.2. The fraction of sp³-hybridized carbons (Fsp3) is 0.161. The molecule has 0 radical (unpaired) electrons. The molecule has 0 amide bonds. The van der Waals surface area contributed by atoms with Gasteiger partial charge in [-0.25, -0.2) is 10.9 Å². The number of H-pyrrole nitrogens is 1. The predicted octanol–water partition coefficient (Wildman–Crippen LogP) is 28.5. The van der Waals surface area contributed by atoms with E-state index in [4.69, 9.17) is 150 Å². The van der Waals surface area contributed by atoms with Gasteiger partial charge in [-0.1, -0.05) is 230 Å². The summed E-state index contributed by atoms with van der Waals surface area (Å²) in [6, 6.07) is 66.7. The number of aldehydes is 3. The molecule has 0 atom stereocenters. The van der Waals surface area contributed by atoms with E-state index < -0.39 is 13.5 Å². The van der Waals surface area contributed by atoms with Crippen molar-refractivity contribution in [2.24, 2.45) is 28.3 Å². The molecule has 0 saturated heterocycles. The molecule has 47 heteroatoms. The molecular formula is C87H87Cl15N13O11PS7. The molecule has 15 rings (SSSR count). The number of rotatable bonds is 23. The van der Waals surface area contributed by atoms with Gasteiger partial charge in [-0.3, -0.25) is 28.1 Å². The van der Waals surface area contributed by atoms with Crippen LogP contribution in [0.3, 0.4) is 0 Å². The smallest absolute Gasteiger partial charge is 0.339 e. The Morgan fingerprint density at radius 2 is 0.873 bits per heavy atom. The van der Waals surface area contributed by atoms with E-state index in [9.17, 15) is 23.7 Å². The monoisotopic (exact) mass is 2270 g/mol. The summed E-state index contributed by atoms with van der Waals surface area (Å²) in [5.74, 6) is 6.90. The van der Waals surface area contributed by atoms with E-state index in [0.29, 0.717) is 75.2 Å². The molecular weight excluding hydrogens is 2190 g/mol. The summed E-state index contributed by atoms with van der Waals surface area (Å²) in [4.78, 5) is 49.5. The molecule has 14 N–H and O–H groups in total. The highest BCUT2D eigenvalue weighted by molar-refractivity contribution is 8.31. The Kier molecular flexibility index (Phi) is 61.4. The van der Waals surface area contributed by atoms with Gasteiger partial charge >= 0.3 is 13.5 Å². The molecule has 0 aliphatic heterocycles. The van der Waals surface area contributed by atoms with Gasteiger partial charge in [-0.2, -0.15) is 21.5 Å². The van der Waals surface area contributed by atoms with E-state index >= 15 is 0 Å². The highest BCUT2D eigenvalue weighted by Crippen LogP contribution is 2.61. The number of methoxy groups -OCH3 is 2. The number of nitrogens with two attached hydrogens (primary N) is 4. The number of hydrogen-bond acceptors (Lipinski definition) is 29. The van der Waals surface area contributed by atoms with Crippen LogP contribution in [0.25, 0.3) is 62.7 Å². The quantitative estimate of drug-likeness (QED) is 0.00415. The standard InChI is InChI=1S/C23H23ClN4OS.C14H12O2.C10H12ClN3S.C8H8ClNOS.C8H7ClOS.C7H3Cl2NS.C7H4Cl2O.C7H4ClNOS.C3H10N2.Cl3OP.Cl2O2S.ClH.H3NO/c1-29-19-9-7-18(8-10-19)17-5-3-16(4-6-17)15-25-12-2-13-26-22-21-20(24)11-14-27-23(21)30-28-22;1-16-14-8-6-13(7-9-14)12-4-2-11(10-15)3-5-12;11-7-3-1-4-8-9(7)10(14-15-8)13-6-2-5-12;1-12-8-4-2-3-7(9)6(8)5-10-11;1-11-8-4-2-3-7(9)6(8)5-10;8-4-2-1-3-5-6(4)7(9)10-11-5;8-6-2-1-3-7(9)5(6)4-10;8-4-2-1-3-5-6(4)7(10)9-11-5;4-2-1-3-5;2*1-5(2,3)4;;1-2/h3-11,14,25H,2,12-13,15H2,1H3,(H,26,28);2-10H,1H3;1,3-4H,2,5-6,12H2,(H,13,14);2-5,11H,1H3;2-5H,1H3;1-3H;1-4H;1-3H,(H,9,10);1-5H2;;;1H;2H,1H2/b;;;10-5+;;;;;;;;;. The molecule has 0 aliphatic rings. The lowest BCUT2D eigenvalue weighted by molar-refractivity contribution is 0.111. The first kappa shape index (κ1) is 122. The number of nitrogens with one attached hydrogen (secondary N) is 4. The fourth-order valence-electron chi connectivity index (χ4n) is 10.4. The van der Waals surface area contributed by atoms with E-state index in [1.54, 1.807) is 74.6 Å². The zero-order valence-electron chi connectivity index (χ0n) is 70.8. The second-order valence-electron chi connectivity index (χ2n) is 25.3. The van der Waals surface area contributed by atoms with Crippen LogP contribution in [0.4, 0.5) is 11.6 Å². The number of thioether (sulfide) groups is 2. The topological polar surface area (TPSA) is 398 Å². The summed E-state index contributed by atoms with van der Waals surface area (Å²) in [7, 11) is 8.14. The van der Waals surface area contributed by atoms with Crippen molar-refractivity contribution in [1.82, 2.24) is 27.8 Å². The van der Waals surface area contributed by atoms with Crippen LogP contribution in [0.15, 0.2) is 238 Å². The molecule has 0 aliphatic carbocycles. The molecule has 134 heavy (non-hydrogen) atoms. The lowest BCUT2D eigenvalue weighted by Crippen LogP contribution is -2.17. The third-order valence-corrected chi connectivity index (χ3v) is 24.4. The van der Waals surface area contributed by atoms with Gasteiger partial charge in [0.25, 0.3) is 5.56 Å². The Balaban J connectivity index is 0.000000394. The van der Waals surface area contributed by atoms with E-state index in [1.165, 1.54) is 80.8 Å². The molecule has 0 spiro atoms. The highest BCUT2D eigenvalue weighted by atomic mass is 36.0. The Bertz CT molecular complexity index is 6270. The summed E-state index contributed by atoms with van der Waals surface area (Å²) in [6.45, 7) is 5.55. The zero-order valence-corrected chi connectivity index (χ0v) is 88.8. The number of anilines is 2. The van der Waals surface area contributed by atoms with E-state index in [1.807, 2.05) is 146 Å². The number of benzene rings is 10. The highest BCUT2D eigenvalue weighted by Gasteiger charge is 2.14. The molecule has 10 aromatic carbocycles. The molecule has 15 aromatic rings. The van der Waals surface area contributed by atoms with Crippen LogP contribution in [-0.4, -0.2) is 132 Å². The van der Waals surface area contributed by atoms with Gasteiger partial charge in [-0.05, 0) is 257 Å². The van der Waals surface area contributed by atoms with Crippen LogP contribution in [0.5, 0.6) is 11.5 Å². The summed E-state index contributed by atoms with van der Waals surface area (Å²) in [5, 5.41) is 33.1. The van der Waals surface area contributed by atoms with Gasteiger partial charge in [-0.15, -0.1) is 35.9 Å². The van der Waals surface area contributed by atoms with Crippen LogP contribution < -0.4 is 54.1 Å². The van der Waals surface area contributed by atoms with Crippen molar-refractivity contribution in [3.8, 4) is 33.8 Å². The maximum absolute atomic E-state index is 11.1. The summed E-state index contributed by atoms with van der Waals surface area (Å²) >= 11 is 75.1. The van der Waals surface area contributed by atoms with Crippen molar-refractivity contribution in [3.05, 3.63) is 302 Å². The number of ether oxygens (including phenoxy) is 2. The Labute approximate surface area is 874 Å². The minimum atomic E-state index is -3.72. The number of halogens is 15. The number of oxime groups is 1. The molecule has 0 fully saturated rings. The third-order valence-electron chi connectivity index (χ3n) is 16.6. The van der Waals surface area contributed by atoms with Crippen molar-refractivity contribution in [2.75, 3.05) is 76.6 Å². The predicted molar refractivity (Wildman–Crippen MR) is 578 cm³/mol. The van der Waals surface area contributed by atoms with Crippen LogP contribution in [0.2, 0.25) is 45.3 Å². The lowest BCUT2D eigenvalue weighted by Gasteiger charge is -2.08. The lowest BCUT2D eigenvalue weighted by atomic mass is 10.0. The second kappa shape index (κ2) is 67.6. The van der Waals surface area contributed by atoms with Crippen LogP contribution in [0.1, 0.15) is 61.5 Å². The van der Waals surface area contributed by atoms with Crippen LogP contribution >= 0.6 is 247 Å². The number of nitrogens with zero attached hydrogens (tertiary/aromatic N) is 5. The van der Waals surface area contributed by atoms with Gasteiger partial charge < -0.3 is 53.0 Å². The Hall–Kier alpha value is -6.62. The minimum absolute atomic E-state index is 0. The molecule has 24 nitrogen and oxygen atoms in total. The van der Waals surface area contributed by atoms with Gasteiger partial charge in [0.2, 0.25) is 0 Å². The van der Waals surface area contributed by atoms with Crippen molar-refractivity contribution >= 4 is 332 Å². The SMILES string of the molecule is COc1ccc(-c2ccc(C=O)cc2)cc1.COc1ccc(-c2ccc(CNCCCNc3nsc4nccc(Cl)c34)cc2)cc1.CSc1cccc(Cl)c1/C=N/O.CSc1cccc(Cl)c1C=O.Cl.Clc1cccc2snc(Cl)c12.NCCCN.NCCCNc1nsc2cccc(Cl)c12.NO.O=Cc1c(Cl)cccc1Cl.O=P(Cl)(Cl)Cl.O=S(=O)(Cl)Cl.O=c1[nH]sc2cccc(Cl)c12. The molecule has 5 aromatic heterocycles. The van der Waals surface area contributed by atoms with Crippen molar-refractivity contribution < 1.29 is 47.3 Å². The van der Waals surface area contributed by atoms with Gasteiger partial charge in [0.05, 0.1) is 102 Å². The van der Waals surface area contributed by atoms with E-state index in [0.717, 1.165) is 161 Å². The number of pyridine rings is 1. The van der Waals surface area contributed by atoms with Gasteiger partial charge in [0.15, 0.2) is 23.5 Å². The van der Waals surface area contributed by atoms with E-state index in [-0.39, 0.29) is 18.0 Å². The Morgan fingerprint density at radius 3 is 1.31 bits per heavy atom. The van der Waals surface area contributed by atoms with Crippen molar-refractivity contribution in [3.63, 3.8) is 0 Å². The molecule has 718 valence electrons. The number of carbonyl (C=O) groups excluding carboxylic acids is 3. The normalized spacial score (nSPS) is 10.3. The molecule has 0 bridgehead atoms. The number of carbonyl (C=O) groups is 3. The fourth-order valence-corrected chi connectivity index (χ4v) is 17.3. The zero-order chi connectivity index (χ0) is 98.4.